The molecule has 1 fully saturated rings. The summed E-state index contributed by atoms with van der Waals surface area (Å²) in [5.41, 5.74) is 3.37. The first-order valence-electron chi connectivity index (χ1n) is 15.1. The van der Waals surface area contributed by atoms with Crippen LogP contribution in [0, 0.1) is 5.92 Å². The molecule has 3 aromatic heterocycles. The molecule has 2 aliphatic rings. The van der Waals surface area contributed by atoms with E-state index in [0.29, 0.717) is 23.1 Å². The van der Waals surface area contributed by atoms with Gasteiger partial charge in [0.2, 0.25) is 0 Å². The molecule has 1 saturated heterocycles. The Morgan fingerprint density at radius 1 is 1.14 bits per heavy atom. The Morgan fingerprint density at radius 3 is 2.72 bits per heavy atom. The van der Waals surface area contributed by atoms with E-state index in [4.69, 9.17) is 19.7 Å². The van der Waals surface area contributed by atoms with Gasteiger partial charge in [-0.2, -0.15) is 0 Å². The summed E-state index contributed by atoms with van der Waals surface area (Å²) in [6.07, 6.45) is 4.79. The molecule has 1 unspecified atom stereocenters. The maximum Gasteiger partial charge on any atom is 0.265 e. The van der Waals surface area contributed by atoms with Crippen LogP contribution in [0.4, 0.5) is 17.3 Å². The Balaban J connectivity index is 1.51. The molecule has 9 nitrogen and oxygen atoms in total. The fraction of sp³-hybridized carbons (Fsp3) is 0.515. The molecule has 230 valence electrons. The quantitative estimate of drug-likeness (QED) is 0.329. The highest BCUT2D eigenvalue weighted by Gasteiger charge is 2.41. The van der Waals surface area contributed by atoms with Gasteiger partial charge in [0.15, 0.2) is 0 Å². The lowest BCUT2D eigenvalue weighted by atomic mass is 9.90. The monoisotopic (exact) mass is 603 g/mol. The fourth-order valence-corrected chi connectivity index (χ4v) is 6.60. The number of ether oxygens (including phenoxy) is 1. The highest BCUT2D eigenvalue weighted by molar-refractivity contribution is 7.97. The average molecular weight is 604 g/mol. The zero-order valence-corrected chi connectivity index (χ0v) is 27.3. The van der Waals surface area contributed by atoms with Gasteiger partial charge in [-0.15, -0.1) is 0 Å². The van der Waals surface area contributed by atoms with Crippen LogP contribution in [-0.4, -0.2) is 60.3 Å². The van der Waals surface area contributed by atoms with Crippen molar-refractivity contribution in [3.8, 4) is 0 Å². The van der Waals surface area contributed by atoms with Gasteiger partial charge in [-0.1, -0.05) is 26.8 Å². The van der Waals surface area contributed by atoms with E-state index in [0.717, 1.165) is 61.1 Å². The number of likely N-dealkylation sites (N-methyl/N-ethyl adjacent to an activating group) is 1. The molecule has 0 radical (unpaired) electrons. The summed E-state index contributed by atoms with van der Waals surface area (Å²) in [5.74, 6) is 1.78. The van der Waals surface area contributed by atoms with Crippen molar-refractivity contribution in [1.29, 1.82) is 0 Å². The van der Waals surface area contributed by atoms with Crippen molar-refractivity contribution >= 4 is 35.2 Å². The Kier molecular flexibility index (Phi) is 9.18. The average Bonchev–Trinajstić information content (AvgIpc) is 3.29. The molecule has 5 rings (SSSR count). The normalized spacial score (nSPS) is 20.3. The highest BCUT2D eigenvalue weighted by atomic mass is 32.2. The molecule has 0 saturated carbocycles. The van der Waals surface area contributed by atoms with Gasteiger partial charge in [0, 0.05) is 67.7 Å². The summed E-state index contributed by atoms with van der Waals surface area (Å²) < 4.78 is 8.33. The molecule has 1 amide bonds. The van der Waals surface area contributed by atoms with Crippen molar-refractivity contribution in [2.75, 3.05) is 49.0 Å². The van der Waals surface area contributed by atoms with Gasteiger partial charge in [-0.25, -0.2) is 9.97 Å². The lowest BCUT2D eigenvalue weighted by Crippen LogP contribution is -2.40. The number of fused-ring (bicyclic) bond motifs is 6. The lowest BCUT2D eigenvalue weighted by Gasteiger charge is -2.34. The topological polar surface area (TPSA) is 95.5 Å². The van der Waals surface area contributed by atoms with Crippen LogP contribution in [0.1, 0.15) is 81.7 Å². The van der Waals surface area contributed by atoms with E-state index in [1.165, 1.54) is 11.9 Å². The van der Waals surface area contributed by atoms with Crippen molar-refractivity contribution < 1.29 is 9.53 Å². The first-order valence-corrected chi connectivity index (χ1v) is 15.9. The van der Waals surface area contributed by atoms with Gasteiger partial charge in [0.1, 0.15) is 16.7 Å². The molecular formula is C33H45N7O2S. The Bertz CT molecular complexity index is 1440. The second-order valence-corrected chi connectivity index (χ2v) is 14.2. The van der Waals surface area contributed by atoms with Crippen LogP contribution in [0.2, 0.25) is 0 Å². The standard InChI is InChI=1S/C33H45N7O2S/c1-32(2,3)27-14-12-24-30(36-27)40-21-22(20-33(40,4)5)11-13-25(26-19-23(15-16-34-26)39(6)17-18-42-7)35-28-9-8-10-29(37-28)43-38-31(24)41/h8-10,12,14-16,19,22,25H,11,13,17-18,20-21H2,1-7H3,(H,35,37)(H,38,41)/t22-,25?/m0/s1. The van der Waals surface area contributed by atoms with E-state index in [1.807, 2.05) is 42.6 Å². The van der Waals surface area contributed by atoms with E-state index in [9.17, 15) is 4.79 Å². The van der Waals surface area contributed by atoms with Gasteiger partial charge in [0.25, 0.3) is 5.91 Å². The van der Waals surface area contributed by atoms with Crippen LogP contribution in [0.3, 0.4) is 0 Å². The van der Waals surface area contributed by atoms with Crippen LogP contribution in [-0.2, 0) is 10.2 Å². The largest absolute Gasteiger partial charge is 0.383 e. The van der Waals surface area contributed by atoms with Gasteiger partial charge in [0.05, 0.1) is 23.9 Å². The minimum Gasteiger partial charge on any atom is -0.383 e. The van der Waals surface area contributed by atoms with Gasteiger partial charge < -0.3 is 19.9 Å². The zero-order chi connectivity index (χ0) is 30.8. The number of hydrogen-bond donors (Lipinski definition) is 2. The third kappa shape index (κ3) is 7.24. The van der Waals surface area contributed by atoms with E-state index < -0.39 is 0 Å². The smallest absolute Gasteiger partial charge is 0.265 e. The number of carbonyl (C=O) groups excluding carboxylic acids is 1. The molecule has 0 spiro atoms. The predicted molar refractivity (Wildman–Crippen MR) is 175 cm³/mol. The number of amides is 1. The van der Waals surface area contributed by atoms with Gasteiger partial charge in [-0.05, 0) is 75.4 Å². The van der Waals surface area contributed by atoms with Crippen LogP contribution in [0.15, 0.2) is 53.7 Å². The number of pyridine rings is 3. The van der Waals surface area contributed by atoms with Crippen molar-refractivity contribution in [2.45, 2.75) is 75.9 Å². The summed E-state index contributed by atoms with van der Waals surface area (Å²) in [6, 6.07) is 13.9. The van der Waals surface area contributed by atoms with Crippen molar-refractivity contribution in [2.24, 2.45) is 5.92 Å². The van der Waals surface area contributed by atoms with E-state index in [-0.39, 0.29) is 22.9 Å². The van der Waals surface area contributed by atoms with Gasteiger partial charge in [-0.3, -0.25) is 14.5 Å². The van der Waals surface area contributed by atoms with E-state index >= 15 is 0 Å². The van der Waals surface area contributed by atoms with Crippen molar-refractivity contribution in [1.82, 2.24) is 19.7 Å². The van der Waals surface area contributed by atoms with Gasteiger partial charge >= 0.3 is 0 Å². The van der Waals surface area contributed by atoms with Crippen LogP contribution < -0.4 is 19.8 Å². The molecule has 2 aliphatic heterocycles. The maximum absolute atomic E-state index is 13.6. The van der Waals surface area contributed by atoms with E-state index in [1.54, 1.807) is 7.11 Å². The van der Waals surface area contributed by atoms with Crippen LogP contribution in [0.5, 0.6) is 0 Å². The van der Waals surface area contributed by atoms with Crippen LogP contribution in [0.25, 0.3) is 0 Å². The number of hydrogen-bond acceptors (Lipinski definition) is 9. The second-order valence-electron chi connectivity index (χ2n) is 13.3. The Morgan fingerprint density at radius 2 is 1.95 bits per heavy atom. The summed E-state index contributed by atoms with van der Waals surface area (Å²) in [4.78, 5) is 32.9. The number of aromatic nitrogens is 3. The first-order chi connectivity index (χ1) is 20.4. The molecule has 5 heterocycles. The molecule has 2 N–H and O–H groups in total. The zero-order valence-electron chi connectivity index (χ0n) is 26.5. The number of nitrogens with one attached hydrogen (secondary N) is 2. The molecular weight excluding hydrogens is 558 g/mol. The number of anilines is 3. The number of rotatable bonds is 5. The minimum absolute atomic E-state index is 0.0293. The van der Waals surface area contributed by atoms with Crippen LogP contribution >= 0.6 is 11.9 Å². The summed E-state index contributed by atoms with van der Waals surface area (Å²) in [6.45, 7) is 13.3. The summed E-state index contributed by atoms with van der Waals surface area (Å²) in [5, 5.41) is 4.38. The third-order valence-corrected chi connectivity index (χ3v) is 9.18. The third-order valence-electron chi connectivity index (χ3n) is 8.45. The summed E-state index contributed by atoms with van der Waals surface area (Å²) >= 11 is 1.22. The maximum atomic E-state index is 13.6. The first kappa shape index (κ1) is 31.1. The predicted octanol–water partition coefficient (Wildman–Crippen LogP) is 6.24. The Labute approximate surface area is 260 Å². The SMILES string of the molecule is COCCN(C)c1ccnc(C2CC[C@@H]3CN(c4nc(C(C)(C)C)ccc4C(=O)NSc4cccc(n4)N2)C(C)(C)C3)c1. The Hall–Kier alpha value is -3.37. The molecule has 0 aromatic carbocycles. The molecule has 3 aromatic rings. The number of methoxy groups -OCH3 is 1. The second kappa shape index (κ2) is 12.7. The number of nitrogens with zero attached hydrogens (tertiary/aromatic N) is 5. The minimum atomic E-state index is -0.168. The lowest BCUT2D eigenvalue weighted by molar-refractivity contribution is 0.0984. The molecule has 4 bridgehead atoms. The molecule has 0 aliphatic carbocycles. The molecule has 10 heteroatoms. The highest BCUT2D eigenvalue weighted by Crippen LogP contribution is 2.41. The fourth-order valence-electron chi connectivity index (χ4n) is 6.00. The number of carbonyl (C=O) groups is 1. The summed E-state index contributed by atoms with van der Waals surface area (Å²) in [7, 11) is 3.80. The van der Waals surface area contributed by atoms with Crippen molar-refractivity contribution in [3.05, 3.63) is 65.6 Å². The van der Waals surface area contributed by atoms with Crippen molar-refractivity contribution in [3.63, 3.8) is 0 Å². The van der Waals surface area contributed by atoms with E-state index in [2.05, 4.69) is 67.6 Å². The molecule has 2 atom stereocenters. The molecule has 43 heavy (non-hydrogen) atoms.